The second-order valence-electron chi connectivity index (χ2n) is 7.85. The van der Waals surface area contributed by atoms with E-state index in [0.717, 1.165) is 16.6 Å². The number of aryl methyl sites for hydroxylation is 2. The number of carboxylic acids is 1. The molecule has 9 heteroatoms. The average Bonchev–Trinajstić information content (AvgIpc) is 3.13. The van der Waals surface area contributed by atoms with Gasteiger partial charge in [-0.15, -0.1) is 0 Å². The maximum Gasteiger partial charge on any atom is 0.341 e. The van der Waals surface area contributed by atoms with Gasteiger partial charge >= 0.3 is 5.97 Å². The number of hydrogen-bond donors (Lipinski definition) is 2. The fourth-order valence-corrected chi connectivity index (χ4v) is 4.30. The molecule has 2 heterocycles. The van der Waals surface area contributed by atoms with Gasteiger partial charge in [-0.2, -0.15) is 0 Å². The predicted molar refractivity (Wildman–Crippen MR) is 130 cm³/mol. The van der Waals surface area contributed by atoms with E-state index in [4.69, 9.17) is 16.3 Å². The van der Waals surface area contributed by atoms with E-state index in [2.05, 4.69) is 15.3 Å². The minimum Gasteiger partial charge on any atom is -0.493 e. The molecule has 4 aromatic rings. The molecular formula is C25H24ClFN4O3. The van der Waals surface area contributed by atoms with E-state index in [-0.39, 0.29) is 22.2 Å². The largest absolute Gasteiger partial charge is 0.493 e. The van der Waals surface area contributed by atoms with Crippen molar-refractivity contribution in [3.05, 3.63) is 70.4 Å². The lowest BCUT2D eigenvalue weighted by atomic mass is 10.1. The number of anilines is 1. The van der Waals surface area contributed by atoms with E-state index in [1.807, 2.05) is 24.5 Å². The minimum atomic E-state index is -1.16. The number of aromatic carboxylic acids is 1. The van der Waals surface area contributed by atoms with Gasteiger partial charge in [0.2, 0.25) is 0 Å². The summed E-state index contributed by atoms with van der Waals surface area (Å²) in [6.07, 6.45) is 1.41. The van der Waals surface area contributed by atoms with Gasteiger partial charge in [0.25, 0.3) is 0 Å². The van der Waals surface area contributed by atoms with Gasteiger partial charge in [-0.3, -0.25) is 0 Å². The van der Waals surface area contributed by atoms with E-state index >= 15 is 0 Å². The number of aromatic nitrogens is 3. The number of carbonyl (C=O) groups is 1. The van der Waals surface area contributed by atoms with Crippen molar-refractivity contribution >= 4 is 34.3 Å². The number of benzene rings is 2. The lowest BCUT2D eigenvalue weighted by Gasteiger charge is -2.13. The highest BCUT2D eigenvalue weighted by Gasteiger charge is 2.19. The molecule has 0 atom stereocenters. The Kier molecular flexibility index (Phi) is 6.70. The molecule has 34 heavy (non-hydrogen) atoms. The molecular weight excluding hydrogens is 459 g/mol. The number of nitrogens with one attached hydrogen (secondary N) is 1. The molecule has 4 rings (SSSR count). The van der Waals surface area contributed by atoms with Gasteiger partial charge in [-0.1, -0.05) is 17.7 Å². The first-order chi connectivity index (χ1) is 16.3. The van der Waals surface area contributed by atoms with Crippen molar-refractivity contribution < 1.29 is 19.0 Å². The summed E-state index contributed by atoms with van der Waals surface area (Å²) < 4.78 is 21.9. The summed E-state index contributed by atoms with van der Waals surface area (Å²) in [5.41, 5.74) is 3.68. The molecule has 0 unspecified atom stereocenters. The fourth-order valence-electron chi connectivity index (χ4n) is 4.00. The third-order valence-corrected chi connectivity index (χ3v) is 5.90. The summed E-state index contributed by atoms with van der Waals surface area (Å²) in [7, 11) is 0. The smallest absolute Gasteiger partial charge is 0.341 e. The highest BCUT2D eigenvalue weighted by molar-refractivity contribution is 6.34. The number of nitrogens with zero attached hydrogens (tertiary/aromatic N) is 3. The molecule has 0 radical (unpaired) electrons. The molecule has 0 saturated carbocycles. The Morgan fingerprint density at radius 3 is 2.74 bits per heavy atom. The maximum atomic E-state index is 14.5. The van der Waals surface area contributed by atoms with E-state index in [1.165, 1.54) is 12.4 Å². The number of rotatable bonds is 8. The van der Waals surface area contributed by atoms with Gasteiger partial charge in [-0.05, 0) is 50.6 Å². The van der Waals surface area contributed by atoms with Crippen LogP contribution in [0.5, 0.6) is 5.75 Å². The van der Waals surface area contributed by atoms with Crippen molar-refractivity contribution in [3.8, 4) is 17.0 Å². The van der Waals surface area contributed by atoms with Crippen LogP contribution in [0.3, 0.4) is 0 Å². The fraction of sp³-hybridized carbons (Fsp3) is 0.240. The molecule has 0 spiro atoms. The Labute approximate surface area is 201 Å². The van der Waals surface area contributed by atoms with Crippen LogP contribution in [0.15, 0.2) is 42.7 Å². The Hall–Kier alpha value is -3.65. The van der Waals surface area contributed by atoms with Crippen LogP contribution in [0.2, 0.25) is 5.02 Å². The van der Waals surface area contributed by atoms with Crippen molar-refractivity contribution in [1.29, 1.82) is 0 Å². The summed E-state index contributed by atoms with van der Waals surface area (Å²) in [6, 6.07) is 10.2. The van der Waals surface area contributed by atoms with Crippen LogP contribution >= 0.6 is 11.6 Å². The molecule has 0 fully saturated rings. The van der Waals surface area contributed by atoms with Crippen LogP contribution in [0.25, 0.3) is 22.2 Å². The topological polar surface area (TPSA) is 89.3 Å². The van der Waals surface area contributed by atoms with Gasteiger partial charge in [0.05, 0.1) is 22.8 Å². The third kappa shape index (κ3) is 4.54. The summed E-state index contributed by atoms with van der Waals surface area (Å²) >= 11 is 6.23. The lowest BCUT2D eigenvalue weighted by molar-refractivity contribution is 0.0693. The number of halogens is 2. The van der Waals surface area contributed by atoms with Crippen molar-refractivity contribution in [1.82, 2.24) is 14.5 Å². The van der Waals surface area contributed by atoms with Crippen molar-refractivity contribution in [2.24, 2.45) is 0 Å². The maximum absolute atomic E-state index is 14.5. The molecule has 176 valence electrons. The van der Waals surface area contributed by atoms with E-state index in [1.54, 1.807) is 31.2 Å². The van der Waals surface area contributed by atoms with Crippen LogP contribution in [-0.2, 0) is 6.54 Å². The summed E-state index contributed by atoms with van der Waals surface area (Å²) in [5, 5.41) is 13.7. The zero-order valence-corrected chi connectivity index (χ0v) is 19.8. The SMILES string of the molecule is CCOc1cc(-c2cc(NCCn3c(C)cc4c(C)ccc(F)c43)ncn2)cc(Cl)c1C(=O)O. The van der Waals surface area contributed by atoms with Crippen LogP contribution in [0.1, 0.15) is 28.5 Å². The van der Waals surface area contributed by atoms with Gasteiger partial charge in [-0.25, -0.2) is 19.2 Å². The lowest BCUT2D eigenvalue weighted by Crippen LogP contribution is -2.13. The van der Waals surface area contributed by atoms with Crippen molar-refractivity contribution in [2.45, 2.75) is 27.3 Å². The van der Waals surface area contributed by atoms with Crippen LogP contribution in [0.4, 0.5) is 10.2 Å². The second kappa shape index (κ2) is 9.69. The van der Waals surface area contributed by atoms with Crippen LogP contribution in [0, 0.1) is 19.7 Å². The van der Waals surface area contributed by atoms with Gasteiger partial charge < -0.3 is 19.7 Å². The molecule has 7 nitrogen and oxygen atoms in total. The molecule has 0 saturated heterocycles. The summed E-state index contributed by atoms with van der Waals surface area (Å²) in [4.78, 5) is 20.1. The zero-order valence-electron chi connectivity index (χ0n) is 19.0. The highest BCUT2D eigenvalue weighted by atomic mass is 35.5. The van der Waals surface area contributed by atoms with E-state index in [9.17, 15) is 14.3 Å². The number of hydrogen-bond acceptors (Lipinski definition) is 5. The standard InChI is InChI=1S/C25H24ClFN4O3/c1-4-34-21-11-16(10-18(26)23(21)25(32)33)20-12-22(30-13-29-20)28-7-8-31-15(3)9-17-14(2)5-6-19(27)24(17)31/h5-6,9-13H,4,7-8H2,1-3H3,(H,32,33)(H,28,29,30). The molecule has 2 aromatic heterocycles. The van der Waals surface area contributed by atoms with Crippen LogP contribution in [-0.4, -0.2) is 38.8 Å². The number of carboxylic acid groups (broad SMARTS) is 1. The first kappa shape index (κ1) is 23.5. The molecule has 0 bridgehead atoms. The molecule has 2 N–H and O–H groups in total. The monoisotopic (exact) mass is 482 g/mol. The van der Waals surface area contributed by atoms with Gasteiger partial charge in [0.15, 0.2) is 0 Å². The Morgan fingerprint density at radius 2 is 2.00 bits per heavy atom. The van der Waals surface area contributed by atoms with Crippen LogP contribution < -0.4 is 10.1 Å². The molecule has 0 amide bonds. The first-order valence-corrected chi connectivity index (χ1v) is 11.2. The first-order valence-electron chi connectivity index (χ1n) is 10.8. The number of fused-ring (bicyclic) bond motifs is 1. The van der Waals surface area contributed by atoms with Crippen molar-refractivity contribution in [2.75, 3.05) is 18.5 Å². The van der Waals surface area contributed by atoms with Gasteiger partial charge in [0.1, 0.15) is 29.3 Å². The summed E-state index contributed by atoms with van der Waals surface area (Å²) in [6.45, 7) is 7.05. The van der Waals surface area contributed by atoms with E-state index < -0.39 is 5.97 Å². The zero-order chi connectivity index (χ0) is 24.4. The second-order valence-corrected chi connectivity index (χ2v) is 8.26. The Bertz CT molecular complexity index is 1390. The Balaban J connectivity index is 1.56. The minimum absolute atomic E-state index is 0.0638. The quantitative estimate of drug-likeness (QED) is 0.334. The van der Waals surface area contributed by atoms with E-state index in [0.29, 0.717) is 42.3 Å². The average molecular weight is 483 g/mol. The normalized spacial score (nSPS) is 11.1. The summed E-state index contributed by atoms with van der Waals surface area (Å²) in [5.74, 6) is -0.653. The Morgan fingerprint density at radius 1 is 1.21 bits per heavy atom. The predicted octanol–water partition coefficient (Wildman–Crippen LogP) is 5.72. The van der Waals surface area contributed by atoms with Crippen molar-refractivity contribution in [3.63, 3.8) is 0 Å². The van der Waals surface area contributed by atoms with Gasteiger partial charge in [0, 0.05) is 35.8 Å². The molecule has 0 aliphatic carbocycles. The molecule has 0 aliphatic rings. The number of ether oxygens (including phenoxy) is 1. The highest BCUT2D eigenvalue weighted by Crippen LogP contribution is 2.33. The molecule has 2 aromatic carbocycles. The third-order valence-electron chi connectivity index (χ3n) is 5.61. The molecule has 0 aliphatic heterocycles.